The fourth-order valence-electron chi connectivity index (χ4n) is 5.70. The van der Waals surface area contributed by atoms with Gasteiger partial charge >= 0.3 is 6.09 Å². The molecule has 1 amide bonds. The molecule has 2 bridgehead atoms. The first-order valence-corrected chi connectivity index (χ1v) is 12.5. The Kier molecular flexibility index (Phi) is 11.5. The number of nitrogens with one attached hydrogen (secondary N) is 1. The number of nitrogens with zero attached hydrogens (tertiary/aromatic N) is 1. The highest BCUT2D eigenvalue weighted by Crippen LogP contribution is 2.33. The molecule has 0 aromatic rings. The third kappa shape index (κ3) is 9.87. The number of carbonyl (C=O) groups is 1. The summed E-state index contributed by atoms with van der Waals surface area (Å²) in [7, 11) is 0. The highest BCUT2D eigenvalue weighted by Gasteiger charge is 2.34. The second kappa shape index (κ2) is 13.9. The van der Waals surface area contributed by atoms with Crippen LogP contribution in [0.15, 0.2) is 0 Å². The first-order valence-electron chi connectivity index (χ1n) is 12.5. The van der Waals surface area contributed by atoms with Crippen molar-refractivity contribution in [1.82, 2.24) is 5.32 Å². The molecule has 4 heteroatoms. The minimum Gasteiger partial charge on any atom is -0.465 e. The molecule has 166 valence electrons. The Balaban J connectivity index is 2.18. The molecule has 0 aromatic heterocycles. The minimum absolute atomic E-state index is 0.0292. The Morgan fingerprint density at radius 1 is 0.759 bits per heavy atom. The zero-order valence-electron chi connectivity index (χ0n) is 18.6. The van der Waals surface area contributed by atoms with Crippen molar-refractivity contribution in [3.8, 4) is 6.07 Å². The molecule has 1 unspecified atom stereocenters. The summed E-state index contributed by atoms with van der Waals surface area (Å²) in [6.45, 7) is 0. The Bertz CT molecular complexity index is 482. The quantitative estimate of drug-likeness (QED) is 0.473. The van der Waals surface area contributed by atoms with Crippen molar-refractivity contribution in [3.05, 3.63) is 0 Å². The van der Waals surface area contributed by atoms with Gasteiger partial charge in [-0.05, 0) is 31.6 Å². The van der Waals surface area contributed by atoms with Crippen LogP contribution in [-0.2, 0) is 0 Å². The van der Waals surface area contributed by atoms with Gasteiger partial charge < -0.3 is 10.4 Å². The Hall–Kier alpha value is -1.24. The van der Waals surface area contributed by atoms with E-state index >= 15 is 0 Å². The molecule has 0 radical (unpaired) electrons. The smallest absolute Gasteiger partial charge is 0.405 e. The van der Waals surface area contributed by atoms with Gasteiger partial charge in [-0.25, -0.2) is 4.79 Å². The van der Waals surface area contributed by atoms with Gasteiger partial charge in [0.25, 0.3) is 0 Å². The second-order valence-corrected chi connectivity index (χ2v) is 9.86. The van der Waals surface area contributed by atoms with E-state index in [0.717, 1.165) is 44.4 Å². The van der Waals surface area contributed by atoms with Gasteiger partial charge in [0.1, 0.15) is 0 Å². The maximum absolute atomic E-state index is 11.7. The molecule has 29 heavy (non-hydrogen) atoms. The third-order valence-electron chi connectivity index (χ3n) is 7.39. The van der Waals surface area contributed by atoms with Crippen molar-refractivity contribution in [3.63, 3.8) is 0 Å². The molecule has 3 saturated carbocycles. The summed E-state index contributed by atoms with van der Waals surface area (Å²) in [6, 6.07) is 2.52. The largest absolute Gasteiger partial charge is 0.465 e. The van der Waals surface area contributed by atoms with Crippen LogP contribution >= 0.6 is 0 Å². The summed E-state index contributed by atoms with van der Waals surface area (Å²) in [5, 5.41) is 22.3. The molecule has 3 aliphatic rings. The van der Waals surface area contributed by atoms with Gasteiger partial charge in [0, 0.05) is 11.5 Å². The van der Waals surface area contributed by atoms with Gasteiger partial charge in [0.15, 0.2) is 0 Å². The molecular formula is C25H44N2O2. The van der Waals surface area contributed by atoms with E-state index in [9.17, 15) is 15.2 Å². The van der Waals surface area contributed by atoms with Gasteiger partial charge in [0.2, 0.25) is 0 Å². The molecule has 0 aliphatic heterocycles. The van der Waals surface area contributed by atoms with E-state index in [1.54, 1.807) is 0 Å². The van der Waals surface area contributed by atoms with Gasteiger partial charge in [-0.2, -0.15) is 5.26 Å². The predicted octanol–water partition coefficient (Wildman–Crippen LogP) is 7.58. The lowest BCUT2D eigenvalue weighted by atomic mass is 9.77. The molecule has 0 saturated heterocycles. The summed E-state index contributed by atoms with van der Waals surface area (Å²) in [5.74, 6) is 0.883. The normalized spacial score (nSPS) is 31.8. The van der Waals surface area contributed by atoms with E-state index in [1.807, 2.05) is 0 Å². The van der Waals surface area contributed by atoms with Crippen molar-refractivity contribution >= 4 is 6.09 Å². The fourth-order valence-corrected chi connectivity index (χ4v) is 5.70. The first-order chi connectivity index (χ1) is 14.1. The number of nitriles is 1. The maximum Gasteiger partial charge on any atom is 0.405 e. The van der Waals surface area contributed by atoms with Crippen LogP contribution < -0.4 is 5.32 Å². The van der Waals surface area contributed by atoms with E-state index < -0.39 is 11.6 Å². The van der Waals surface area contributed by atoms with Gasteiger partial charge in [-0.3, -0.25) is 0 Å². The van der Waals surface area contributed by atoms with E-state index in [-0.39, 0.29) is 5.92 Å². The van der Waals surface area contributed by atoms with Crippen LogP contribution in [0.3, 0.4) is 0 Å². The first kappa shape index (κ1) is 24.0. The number of fused-ring (bicyclic) bond motifs is 18. The highest BCUT2D eigenvalue weighted by molar-refractivity contribution is 5.65. The van der Waals surface area contributed by atoms with Gasteiger partial charge in [-0.1, -0.05) is 103 Å². The number of amides is 1. The fraction of sp³-hybridized carbons (Fsp3) is 0.920. The summed E-state index contributed by atoms with van der Waals surface area (Å²) < 4.78 is 0. The molecule has 3 fully saturated rings. The number of hydrogen-bond donors (Lipinski definition) is 2. The van der Waals surface area contributed by atoms with Crippen molar-refractivity contribution in [2.75, 3.05) is 0 Å². The topological polar surface area (TPSA) is 73.1 Å². The number of carboxylic acid groups (broad SMARTS) is 1. The SMILES string of the molecule is N#CC1CCCCCC2CCCCCCCC(NC(=O)O)(CCCCCCC2)C1. The lowest BCUT2D eigenvalue weighted by Gasteiger charge is -2.36. The Morgan fingerprint density at radius 3 is 1.72 bits per heavy atom. The Labute approximate surface area is 178 Å². The lowest BCUT2D eigenvalue weighted by molar-refractivity contribution is 0.158. The van der Waals surface area contributed by atoms with Crippen LogP contribution in [0.4, 0.5) is 4.79 Å². The highest BCUT2D eigenvalue weighted by atomic mass is 16.4. The van der Waals surface area contributed by atoms with E-state index in [4.69, 9.17) is 0 Å². The van der Waals surface area contributed by atoms with Crippen LogP contribution in [0.2, 0.25) is 0 Å². The van der Waals surface area contributed by atoms with Gasteiger partial charge in [0.05, 0.1) is 6.07 Å². The molecule has 0 spiro atoms. The monoisotopic (exact) mass is 404 g/mol. The molecule has 3 aliphatic carbocycles. The van der Waals surface area contributed by atoms with E-state index in [0.29, 0.717) is 6.42 Å². The summed E-state index contributed by atoms with van der Waals surface area (Å²) in [4.78, 5) is 11.7. The summed E-state index contributed by atoms with van der Waals surface area (Å²) >= 11 is 0. The van der Waals surface area contributed by atoms with Gasteiger partial charge in [-0.15, -0.1) is 0 Å². The number of hydrogen-bond acceptors (Lipinski definition) is 2. The molecule has 2 N–H and O–H groups in total. The van der Waals surface area contributed by atoms with Crippen molar-refractivity contribution in [2.24, 2.45) is 11.8 Å². The predicted molar refractivity (Wildman–Crippen MR) is 119 cm³/mol. The molecular weight excluding hydrogens is 360 g/mol. The molecule has 1 atom stereocenters. The molecule has 0 aromatic carbocycles. The zero-order chi connectivity index (χ0) is 20.8. The molecule has 0 heterocycles. The van der Waals surface area contributed by atoms with Crippen LogP contribution in [0, 0.1) is 23.2 Å². The molecule has 3 rings (SSSR count). The van der Waals surface area contributed by atoms with E-state index in [1.165, 1.54) is 83.5 Å². The summed E-state index contributed by atoms with van der Waals surface area (Å²) in [5.41, 5.74) is -0.411. The average molecular weight is 405 g/mol. The lowest BCUT2D eigenvalue weighted by Crippen LogP contribution is -2.49. The molecule has 4 nitrogen and oxygen atoms in total. The Morgan fingerprint density at radius 2 is 1.21 bits per heavy atom. The van der Waals surface area contributed by atoms with Crippen LogP contribution in [-0.4, -0.2) is 16.7 Å². The second-order valence-electron chi connectivity index (χ2n) is 9.86. The van der Waals surface area contributed by atoms with Crippen LogP contribution in [0.1, 0.15) is 128 Å². The minimum atomic E-state index is -0.920. The zero-order valence-corrected chi connectivity index (χ0v) is 18.6. The maximum atomic E-state index is 11.7. The average Bonchev–Trinajstić information content (AvgIpc) is 2.68. The standard InChI is InChI=1S/C25H44N2O2/c26-21-23-17-11-7-10-16-22-14-8-3-1-5-12-18-25(20-23,27-24(28)29)19-13-6-2-4-9-15-22/h22-23,27H,1-20H2,(H,28,29). The summed E-state index contributed by atoms with van der Waals surface area (Å²) in [6.07, 6.45) is 22.6. The third-order valence-corrected chi connectivity index (χ3v) is 7.39. The van der Waals surface area contributed by atoms with Crippen molar-refractivity contribution in [1.29, 1.82) is 5.26 Å². The van der Waals surface area contributed by atoms with Crippen LogP contribution in [0.5, 0.6) is 0 Å². The van der Waals surface area contributed by atoms with Crippen molar-refractivity contribution in [2.45, 2.75) is 134 Å². The van der Waals surface area contributed by atoms with Crippen LogP contribution in [0.25, 0.3) is 0 Å². The van der Waals surface area contributed by atoms with E-state index in [2.05, 4.69) is 11.4 Å². The van der Waals surface area contributed by atoms with Crippen molar-refractivity contribution < 1.29 is 9.90 Å². The number of rotatable bonds is 1.